The maximum absolute atomic E-state index is 6.09. The second kappa shape index (κ2) is 6.24. The summed E-state index contributed by atoms with van der Waals surface area (Å²) in [6.07, 6.45) is 7.54. The van der Waals surface area contributed by atoms with Gasteiger partial charge in [-0.2, -0.15) is 0 Å². The van der Waals surface area contributed by atoms with Gasteiger partial charge in [-0.05, 0) is 45.6 Å². The fourth-order valence-electron chi connectivity index (χ4n) is 1.68. The van der Waals surface area contributed by atoms with Gasteiger partial charge in [0.2, 0.25) is 0 Å². The Bertz CT molecular complexity index is 535. The van der Waals surface area contributed by atoms with Gasteiger partial charge < -0.3 is 0 Å². The Labute approximate surface area is 119 Å². The van der Waals surface area contributed by atoms with Crippen LogP contribution in [0.15, 0.2) is 41.4 Å². The average Bonchev–Trinajstić information content (AvgIpc) is 2.38. The van der Waals surface area contributed by atoms with Crippen molar-refractivity contribution in [2.24, 2.45) is 5.84 Å². The second-order valence-corrected chi connectivity index (χ2v) is 5.15. The van der Waals surface area contributed by atoms with E-state index in [1.54, 1.807) is 24.8 Å². The highest BCUT2D eigenvalue weighted by Gasteiger charge is 2.13. The number of rotatable bonds is 4. The van der Waals surface area contributed by atoms with Crippen LogP contribution in [-0.4, -0.2) is 9.97 Å². The third-order valence-electron chi connectivity index (χ3n) is 2.61. The maximum Gasteiger partial charge on any atom is 0.0622 e. The molecule has 0 bridgehead atoms. The molecule has 6 heteroatoms. The van der Waals surface area contributed by atoms with E-state index >= 15 is 0 Å². The monoisotopic (exact) mass is 326 g/mol. The summed E-state index contributed by atoms with van der Waals surface area (Å²) in [5.74, 6) is 5.60. The van der Waals surface area contributed by atoms with Gasteiger partial charge in [-0.25, -0.2) is 0 Å². The largest absolute Gasteiger partial charge is 0.271 e. The van der Waals surface area contributed by atoms with Gasteiger partial charge in [0.05, 0.1) is 11.1 Å². The normalized spacial score (nSPS) is 12.4. The lowest BCUT2D eigenvalue weighted by atomic mass is 10.0. The van der Waals surface area contributed by atoms with Gasteiger partial charge in [-0.15, -0.1) is 0 Å². The van der Waals surface area contributed by atoms with E-state index in [2.05, 4.69) is 31.3 Å². The van der Waals surface area contributed by atoms with Gasteiger partial charge in [0.15, 0.2) is 0 Å². The van der Waals surface area contributed by atoms with Crippen LogP contribution in [0.2, 0.25) is 5.02 Å². The van der Waals surface area contributed by atoms with Crippen molar-refractivity contribution < 1.29 is 0 Å². The Morgan fingerprint density at radius 3 is 2.83 bits per heavy atom. The molecule has 0 saturated heterocycles. The Kier molecular flexibility index (Phi) is 4.66. The van der Waals surface area contributed by atoms with Gasteiger partial charge in [0.1, 0.15) is 0 Å². The molecule has 2 rings (SSSR count). The molecule has 0 aliphatic carbocycles. The average molecular weight is 328 g/mol. The first-order valence-electron chi connectivity index (χ1n) is 5.35. The lowest BCUT2D eigenvalue weighted by Crippen LogP contribution is -2.29. The van der Waals surface area contributed by atoms with Crippen molar-refractivity contribution in [1.29, 1.82) is 0 Å². The van der Waals surface area contributed by atoms with Crippen LogP contribution < -0.4 is 11.3 Å². The second-order valence-electron chi connectivity index (χ2n) is 3.83. The topological polar surface area (TPSA) is 63.8 Å². The van der Waals surface area contributed by atoms with Crippen LogP contribution in [0.3, 0.4) is 0 Å². The Balaban J connectivity index is 2.23. The minimum absolute atomic E-state index is 0.0464. The number of nitrogens with two attached hydrogens (primary N) is 1. The summed E-state index contributed by atoms with van der Waals surface area (Å²) >= 11 is 9.48. The Morgan fingerprint density at radius 2 is 2.17 bits per heavy atom. The quantitative estimate of drug-likeness (QED) is 0.669. The highest BCUT2D eigenvalue weighted by atomic mass is 79.9. The van der Waals surface area contributed by atoms with Gasteiger partial charge in [0.25, 0.3) is 0 Å². The van der Waals surface area contributed by atoms with E-state index in [0.29, 0.717) is 11.4 Å². The lowest BCUT2D eigenvalue weighted by molar-refractivity contribution is 0.550. The first kappa shape index (κ1) is 13.4. The van der Waals surface area contributed by atoms with Gasteiger partial charge in [0, 0.05) is 29.3 Å². The summed E-state index contributed by atoms with van der Waals surface area (Å²) in [5, 5.41) is 0.640. The van der Waals surface area contributed by atoms with Crippen LogP contribution >= 0.6 is 27.5 Å². The zero-order valence-corrected chi connectivity index (χ0v) is 11.8. The molecule has 18 heavy (non-hydrogen) atoms. The number of pyridine rings is 2. The third-order valence-corrected chi connectivity index (χ3v) is 3.38. The zero-order valence-electron chi connectivity index (χ0n) is 9.48. The molecule has 2 aromatic rings. The standard InChI is InChI=1S/C12H12BrClN4/c13-10-3-9(5-17-6-10)12(18-15)4-8-1-2-16-7-11(8)14/h1-3,5-7,12,18H,4,15H2. The Hall–Kier alpha value is -1.01. The molecular weight excluding hydrogens is 316 g/mol. The summed E-state index contributed by atoms with van der Waals surface area (Å²) in [6.45, 7) is 0. The highest BCUT2D eigenvalue weighted by Crippen LogP contribution is 2.23. The number of hydrazine groups is 1. The van der Waals surface area contributed by atoms with Crippen molar-refractivity contribution in [3.8, 4) is 0 Å². The molecule has 0 saturated carbocycles. The first-order chi connectivity index (χ1) is 8.70. The van der Waals surface area contributed by atoms with Crippen LogP contribution in [0.4, 0.5) is 0 Å². The molecule has 0 aliphatic heterocycles. The number of nitrogens with zero attached hydrogens (tertiary/aromatic N) is 2. The molecule has 0 amide bonds. The molecule has 4 nitrogen and oxygen atoms in total. The zero-order chi connectivity index (χ0) is 13.0. The minimum Gasteiger partial charge on any atom is -0.271 e. The van der Waals surface area contributed by atoms with E-state index < -0.39 is 0 Å². The number of nitrogens with one attached hydrogen (secondary N) is 1. The predicted molar refractivity (Wildman–Crippen MR) is 75.0 cm³/mol. The molecule has 2 aromatic heterocycles. The molecule has 2 heterocycles. The molecule has 0 spiro atoms. The van der Waals surface area contributed by atoms with Crippen LogP contribution in [0.25, 0.3) is 0 Å². The van der Waals surface area contributed by atoms with Crippen molar-refractivity contribution in [2.45, 2.75) is 12.5 Å². The van der Waals surface area contributed by atoms with Crippen LogP contribution in [0, 0.1) is 0 Å². The van der Waals surface area contributed by atoms with E-state index in [4.69, 9.17) is 17.4 Å². The number of hydrogen-bond donors (Lipinski definition) is 2. The van der Waals surface area contributed by atoms with Crippen LogP contribution in [0.5, 0.6) is 0 Å². The molecule has 0 fully saturated rings. The number of aromatic nitrogens is 2. The summed E-state index contributed by atoms with van der Waals surface area (Å²) in [7, 11) is 0. The van der Waals surface area contributed by atoms with Crippen molar-refractivity contribution >= 4 is 27.5 Å². The third kappa shape index (κ3) is 3.26. The smallest absolute Gasteiger partial charge is 0.0622 e. The van der Waals surface area contributed by atoms with Crippen molar-refractivity contribution in [2.75, 3.05) is 0 Å². The summed E-state index contributed by atoms with van der Waals surface area (Å²) in [6, 6.07) is 3.82. The summed E-state index contributed by atoms with van der Waals surface area (Å²) < 4.78 is 0.918. The van der Waals surface area contributed by atoms with E-state index in [-0.39, 0.29) is 6.04 Å². The maximum atomic E-state index is 6.09. The molecule has 0 radical (unpaired) electrons. The lowest BCUT2D eigenvalue weighted by Gasteiger charge is -2.16. The van der Waals surface area contributed by atoms with Gasteiger partial charge in [-0.1, -0.05) is 11.6 Å². The van der Waals surface area contributed by atoms with Crippen molar-refractivity contribution in [3.63, 3.8) is 0 Å². The predicted octanol–water partition coefficient (Wildman–Crippen LogP) is 2.64. The van der Waals surface area contributed by atoms with Crippen molar-refractivity contribution in [3.05, 3.63) is 57.5 Å². The molecule has 1 unspecified atom stereocenters. The van der Waals surface area contributed by atoms with Crippen molar-refractivity contribution in [1.82, 2.24) is 15.4 Å². The minimum atomic E-state index is -0.0464. The summed E-state index contributed by atoms with van der Waals surface area (Å²) in [4.78, 5) is 8.09. The van der Waals surface area contributed by atoms with Crippen LogP contribution in [-0.2, 0) is 6.42 Å². The number of hydrogen-bond acceptors (Lipinski definition) is 4. The molecular formula is C12H12BrClN4. The molecule has 3 N–H and O–H groups in total. The van der Waals surface area contributed by atoms with Gasteiger partial charge >= 0.3 is 0 Å². The molecule has 0 aliphatic rings. The molecule has 94 valence electrons. The fourth-order valence-corrected chi connectivity index (χ4v) is 2.26. The molecule has 0 aromatic carbocycles. The summed E-state index contributed by atoms with van der Waals surface area (Å²) in [5.41, 5.74) is 4.78. The van der Waals surface area contributed by atoms with Crippen LogP contribution in [0.1, 0.15) is 17.2 Å². The highest BCUT2D eigenvalue weighted by molar-refractivity contribution is 9.10. The van der Waals surface area contributed by atoms with E-state index in [0.717, 1.165) is 15.6 Å². The Morgan fingerprint density at radius 1 is 1.33 bits per heavy atom. The number of halogens is 2. The first-order valence-corrected chi connectivity index (χ1v) is 6.52. The van der Waals surface area contributed by atoms with E-state index in [1.807, 2.05) is 12.1 Å². The van der Waals surface area contributed by atoms with Gasteiger partial charge in [-0.3, -0.25) is 21.2 Å². The van der Waals surface area contributed by atoms with E-state index in [9.17, 15) is 0 Å². The fraction of sp³-hybridized carbons (Fsp3) is 0.167. The molecule has 1 atom stereocenters. The SMILES string of the molecule is NNC(Cc1ccncc1Cl)c1cncc(Br)c1. The van der Waals surface area contributed by atoms with E-state index in [1.165, 1.54) is 0 Å².